The minimum Gasteiger partial charge on any atom is -0.468 e. The van der Waals surface area contributed by atoms with Gasteiger partial charge in [0.05, 0.1) is 28.1 Å². The van der Waals surface area contributed by atoms with E-state index in [0.717, 1.165) is 86.2 Å². The molecule has 13 heteroatoms. The summed E-state index contributed by atoms with van der Waals surface area (Å²) >= 11 is 6.95. The Morgan fingerprint density at radius 1 is 0.344 bits per heavy atom. The molecule has 0 saturated heterocycles. The second-order valence-corrected chi connectivity index (χ2v) is 56.3. The van der Waals surface area contributed by atoms with Crippen LogP contribution < -0.4 is 46.0 Å². The van der Waals surface area contributed by atoms with E-state index in [1.54, 1.807) is 0 Å². The maximum Gasteiger partial charge on any atom is 0.355 e. The van der Waals surface area contributed by atoms with Crippen molar-refractivity contribution in [3.63, 3.8) is 0 Å². The number of rotatable bonds is 10. The van der Waals surface area contributed by atoms with Crippen LogP contribution in [-0.4, -0.2) is 18.1 Å². The fourth-order valence-electron chi connectivity index (χ4n) is 22.7. The fraction of sp³-hybridized carbons (Fsp3) is 0.356. The molecule has 2 fully saturated rings. The number of para-hydroxylation sites is 2. The lowest BCUT2D eigenvalue weighted by atomic mass is 9.35. The van der Waals surface area contributed by atoms with Crippen LogP contribution in [0.5, 0.6) is 0 Å². The molecular formula is C118H131B2I3N6O2. The van der Waals surface area contributed by atoms with Crippen molar-refractivity contribution >= 4 is 204 Å². The van der Waals surface area contributed by atoms with Gasteiger partial charge < -0.3 is 38.2 Å². The molecule has 8 nitrogen and oxygen atoms in total. The van der Waals surface area contributed by atoms with E-state index >= 15 is 0 Å². The van der Waals surface area contributed by atoms with Crippen LogP contribution in [0.2, 0.25) is 0 Å². The molecule has 12 aromatic carbocycles. The molecule has 0 bridgehead atoms. The lowest BCUT2D eigenvalue weighted by molar-refractivity contribution is 0.195. The predicted molar refractivity (Wildman–Crippen MR) is 591 cm³/mol. The molecule has 4 unspecified atom stereocenters. The van der Waals surface area contributed by atoms with E-state index in [2.05, 4.69) is 517 Å². The highest BCUT2D eigenvalue weighted by Crippen LogP contribution is 2.64. The number of aryl methyl sites for hydroxylation is 2. The molecule has 6 heterocycles. The van der Waals surface area contributed by atoms with Gasteiger partial charge in [-0.1, -0.05) is 273 Å². The molecule has 672 valence electrons. The van der Waals surface area contributed by atoms with E-state index in [0.29, 0.717) is 0 Å². The topological polar surface area (TPSA) is 45.7 Å². The highest BCUT2D eigenvalue weighted by atomic mass is 127. The molecule has 2 aromatic heterocycles. The van der Waals surface area contributed by atoms with Crippen LogP contribution in [0.15, 0.2) is 270 Å². The van der Waals surface area contributed by atoms with Crippen molar-refractivity contribution in [3.8, 4) is 0 Å². The van der Waals surface area contributed by atoms with Crippen molar-refractivity contribution in [2.24, 2.45) is 0 Å². The zero-order chi connectivity index (χ0) is 93.1. The number of benzene rings is 12. The van der Waals surface area contributed by atoms with E-state index < -0.39 is 0 Å². The summed E-state index contributed by atoms with van der Waals surface area (Å²) in [5.74, 6) is 0. The lowest BCUT2D eigenvalue weighted by Crippen LogP contribution is -2.61. The van der Waals surface area contributed by atoms with Gasteiger partial charge in [-0.15, -0.1) is 67.1 Å². The summed E-state index contributed by atoms with van der Waals surface area (Å²) in [5, 5.41) is 2.23. The van der Waals surface area contributed by atoms with E-state index in [-0.39, 0.29) is 61.1 Å². The van der Waals surface area contributed by atoms with Gasteiger partial charge in [-0.25, -0.2) is 0 Å². The largest absolute Gasteiger partial charge is 0.468 e. The van der Waals surface area contributed by atoms with E-state index in [1.165, 1.54) is 151 Å². The second kappa shape index (κ2) is 33.7. The highest BCUT2D eigenvalue weighted by molar-refractivity contribution is 14.4. The minimum absolute atomic E-state index is 0.0250. The summed E-state index contributed by atoms with van der Waals surface area (Å²) in [7, 11) is 0. The molecule has 20 rings (SSSR count). The molecule has 4 aliphatic heterocycles. The Kier molecular flexibility index (Phi) is 23.8. The summed E-state index contributed by atoms with van der Waals surface area (Å²) in [6.45, 7) is 55.6. The quantitative estimate of drug-likeness (QED) is 0.0992. The van der Waals surface area contributed by atoms with Crippen LogP contribution in [0.1, 0.15) is 259 Å². The van der Waals surface area contributed by atoms with Crippen molar-refractivity contribution in [1.82, 2.24) is 0 Å². The molecule has 2 aliphatic carbocycles. The summed E-state index contributed by atoms with van der Waals surface area (Å²) in [4.78, 5) is 15.2. The molecule has 131 heavy (non-hydrogen) atoms. The van der Waals surface area contributed by atoms with Gasteiger partial charge in [0.25, 0.3) is 6.71 Å². The van der Waals surface area contributed by atoms with Crippen molar-refractivity contribution in [2.45, 2.75) is 272 Å². The van der Waals surface area contributed by atoms with Gasteiger partial charge in [0.2, 0.25) is 0 Å². The Morgan fingerprint density at radius 3 is 1.16 bits per heavy atom. The molecule has 14 aromatic rings. The maximum absolute atomic E-state index is 7.57. The average Bonchev–Trinajstić information content (AvgIpc) is 1.61. The molecule has 6 aliphatic rings. The third-order valence-corrected chi connectivity index (χ3v) is 30.5. The fourth-order valence-corrected chi connectivity index (χ4v) is 22.7. The van der Waals surface area contributed by atoms with Crippen molar-refractivity contribution < 1.29 is 8.83 Å². The zero-order valence-electron chi connectivity index (χ0n) is 81.8. The molecule has 0 radical (unpaired) electrons. The van der Waals surface area contributed by atoms with Gasteiger partial charge in [0.15, 0.2) is 0 Å². The Labute approximate surface area is 823 Å². The Bertz CT molecular complexity index is 6610. The molecule has 2 saturated carbocycles. The number of anilines is 16. The van der Waals surface area contributed by atoms with Crippen LogP contribution in [0.25, 0.3) is 21.9 Å². The van der Waals surface area contributed by atoms with Gasteiger partial charge >= 0.3 is 0.282 Å². The Morgan fingerprint density at radius 2 is 0.710 bits per heavy atom. The maximum atomic E-state index is 7.57. The molecule has 0 N–H and O–H groups in total. The van der Waals surface area contributed by atoms with E-state index in [9.17, 15) is 0 Å². The summed E-state index contributed by atoms with van der Waals surface area (Å²) in [6, 6.07) is 97.3. The first-order chi connectivity index (χ1) is 61.8. The average molecular weight is 2070 g/mol. The smallest absolute Gasteiger partial charge is 0.355 e. The van der Waals surface area contributed by atoms with Gasteiger partial charge in [0.1, 0.15) is 17.4 Å². The van der Waals surface area contributed by atoms with Gasteiger partial charge in [-0.2, -0.15) is 0 Å². The number of fused-ring (bicyclic) bond motifs is 13. The van der Waals surface area contributed by atoms with E-state index in [1.807, 2.05) is 6.26 Å². The van der Waals surface area contributed by atoms with Crippen molar-refractivity contribution in [1.29, 1.82) is 0 Å². The third kappa shape index (κ3) is 16.4. The van der Waals surface area contributed by atoms with Crippen LogP contribution in [-0.2, 0) is 43.3 Å². The molecule has 4 atom stereocenters. The number of halogens is 3. The number of hydrogen-bond donors (Lipinski definition) is 0. The van der Waals surface area contributed by atoms with Crippen LogP contribution in [0, 0.1) is 13.8 Å². The second-order valence-electron chi connectivity index (χ2n) is 45.4. The molecule has 0 spiro atoms. The van der Waals surface area contributed by atoms with E-state index in [4.69, 9.17) is 8.83 Å². The summed E-state index contributed by atoms with van der Waals surface area (Å²) < 4.78 is 15.0. The minimum atomic E-state index is -0.115. The first-order valence-electron chi connectivity index (χ1n) is 47.7. The first-order valence-corrected chi connectivity index (χ1v) is 51.4. The third-order valence-electron chi connectivity index (χ3n) is 30.5. The summed E-state index contributed by atoms with van der Waals surface area (Å²) in [6.07, 6.45) is 11.7. The van der Waals surface area contributed by atoms with Crippen molar-refractivity contribution in [3.05, 3.63) is 317 Å². The highest BCUT2D eigenvalue weighted by Gasteiger charge is 2.60. The van der Waals surface area contributed by atoms with Crippen LogP contribution >= 0.6 is 67.1 Å². The van der Waals surface area contributed by atoms with Gasteiger partial charge in [-0.05, 0) is 286 Å². The van der Waals surface area contributed by atoms with Crippen LogP contribution in [0.3, 0.4) is 0 Å². The number of nitrogens with zero attached hydrogens (tertiary/aromatic N) is 6. The van der Waals surface area contributed by atoms with Crippen molar-refractivity contribution in [2.75, 3.05) is 29.4 Å². The predicted octanol–water partition coefficient (Wildman–Crippen LogP) is 34.1. The van der Waals surface area contributed by atoms with Crippen LogP contribution in [0.4, 0.5) is 91.0 Å². The molecule has 0 amide bonds. The standard InChI is InChI=1S/C59H64BN3O.C59H67N3O.BI3/c1-37-33-49-52-50(34-37)62(42-26-21-39(22-27-42)56(5,6)7)53-44-29-28-43(63-47-18-14-13-17-45(47)58(11)31-15-16-32-59(58,63)12)36-51(44)64-54(53)60(52)46-35-40(57(8,9)10)23-30-48(46)61(49)41-24-19-38(20-25-41)55(2,3)4;1-40-35-48(60(44-25-19-41(20-26-44)55(2,3)4)45-27-21-42(22-28-45)56(5,6)7)37-49(36-40)61(46-29-23-43(24-30-46)57(8,9)10)53-39-63-54-38-47(31-32-50(53)54)62-52-18-14-13-17-51(52)58(11)33-15-16-34-59(58,62)12;2-1(3)4/h13-14,17-30,33-36H,15-16,31-32H2,1-12H3;13-14,17-32,35-39H,15-16,33-34H2,1-12H3;. The number of hydrogen-bond acceptors (Lipinski definition) is 8. The SMILES string of the molecule is Cc1cc(N(c2ccc(C(C)(C)C)cc2)c2ccc(C(C)(C)C)cc2)cc(N(c2ccc(C(C)(C)C)cc2)c2coc3cc(N4c5ccccc5C5(C)CCCCC45C)ccc23)c1.Cc1cc2c3c(c1)N(c1ccc(C(C)(C)C)cc1)c1c(oc4cc(N5c6ccccc6C6(C)CCCCC56C)ccc14)B3c1cc(C(C)(C)C)ccc1N2c1ccc(C(C)(C)C)cc1.IB(I)I. The molecular weight excluding hydrogens is 1940 g/mol. The lowest BCUT2D eigenvalue weighted by Gasteiger charge is -2.50. The first kappa shape index (κ1) is 92.3. The zero-order valence-corrected chi connectivity index (χ0v) is 88.2. The normalized spacial score (nSPS) is 19.2. The monoisotopic (exact) mass is 2070 g/mol. The Hall–Kier alpha value is -9.16. The Balaban J connectivity index is 0.000000169. The number of furan rings is 2. The van der Waals surface area contributed by atoms with Gasteiger partial charge in [-0.3, -0.25) is 0 Å². The van der Waals surface area contributed by atoms with Gasteiger partial charge in [0, 0.05) is 113 Å². The summed E-state index contributed by atoms with van der Waals surface area (Å²) in [5.41, 5.74) is 37.6.